The van der Waals surface area contributed by atoms with Gasteiger partial charge in [0.2, 0.25) is 0 Å². The minimum atomic E-state index is -0.496. The van der Waals surface area contributed by atoms with Gasteiger partial charge in [-0.2, -0.15) is 0 Å². The quantitative estimate of drug-likeness (QED) is 0.525. The summed E-state index contributed by atoms with van der Waals surface area (Å²) in [5.74, 6) is 0.140. The van der Waals surface area contributed by atoms with Crippen LogP contribution in [-0.4, -0.2) is 29.3 Å². The van der Waals surface area contributed by atoms with Crippen LogP contribution in [0, 0.1) is 6.92 Å². The number of amides is 2. The van der Waals surface area contributed by atoms with Crippen LogP contribution in [0.15, 0.2) is 59.1 Å². The summed E-state index contributed by atoms with van der Waals surface area (Å²) in [5.41, 5.74) is 2.09. The van der Waals surface area contributed by atoms with Crippen LogP contribution in [0.25, 0.3) is 11.3 Å². The molecule has 1 saturated carbocycles. The predicted octanol–water partition coefficient (Wildman–Crippen LogP) is 5.59. The van der Waals surface area contributed by atoms with E-state index in [-0.39, 0.29) is 18.1 Å². The van der Waals surface area contributed by atoms with E-state index in [1.54, 1.807) is 31.2 Å². The van der Waals surface area contributed by atoms with Crippen molar-refractivity contribution in [1.29, 1.82) is 0 Å². The number of carbonyl (C=O) groups is 2. The molecule has 4 rings (SSSR count). The second-order valence-electron chi connectivity index (χ2n) is 7.80. The average molecular weight is 454 g/mol. The number of aromatic nitrogens is 1. The molecule has 7 nitrogen and oxygen atoms in total. The van der Waals surface area contributed by atoms with Crippen molar-refractivity contribution in [1.82, 2.24) is 10.5 Å². The number of para-hydroxylation sites is 1. The summed E-state index contributed by atoms with van der Waals surface area (Å²) in [5, 5.41) is 10.3. The Kier molecular flexibility index (Phi) is 6.75. The molecule has 1 aliphatic carbocycles. The zero-order chi connectivity index (χ0) is 22.5. The van der Waals surface area contributed by atoms with Crippen LogP contribution in [0.1, 0.15) is 41.8 Å². The Morgan fingerprint density at radius 3 is 2.62 bits per heavy atom. The SMILES string of the molecule is Cc1onc(-c2ccccc2Cl)c1C(=O)N[C@H]1CCC[C@H](OC(=O)Nc2ccccc2)C1. The van der Waals surface area contributed by atoms with Crippen molar-refractivity contribution in [2.45, 2.75) is 44.8 Å². The van der Waals surface area contributed by atoms with E-state index in [1.807, 2.05) is 30.3 Å². The Balaban J connectivity index is 1.39. The summed E-state index contributed by atoms with van der Waals surface area (Å²) in [6.07, 6.45) is 2.17. The number of ether oxygens (including phenoxy) is 1. The Labute approximate surface area is 191 Å². The first-order valence-corrected chi connectivity index (χ1v) is 10.9. The molecule has 32 heavy (non-hydrogen) atoms. The van der Waals surface area contributed by atoms with Crippen molar-refractivity contribution >= 4 is 29.3 Å². The summed E-state index contributed by atoms with van der Waals surface area (Å²) in [4.78, 5) is 25.3. The molecule has 0 bridgehead atoms. The molecule has 2 aromatic carbocycles. The fraction of sp³-hybridized carbons (Fsp3) is 0.292. The highest BCUT2D eigenvalue weighted by atomic mass is 35.5. The van der Waals surface area contributed by atoms with Crippen LogP contribution in [0.2, 0.25) is 5.02 Å². The number of nitrogens with one attached hydrogen (secondary N) is 2. The van der Waals surface area contributed by atoms with E-state index in [1.165, 1.54) is 0 Å². The second kappa shape index (κ2) is 9.87. The lowest BCUT2D eigenvalue weighted by Gasteiger charge is -2.29. The number of halogens is 1. The van der Waals surface area contributed by atoms with Crippen molar-refractivity contribution < 1.29 is 18.8 Å². The molecule has 0 unspecified atom stereocenters. The number of rotatable bonds is 5. The first kappa shape index (κ1) is 21.9. The fourth-order valence-corrected chi connectivity index (χ4v) is 4.16. The number of hydrogen-bond donors (Lipinski definition) is 2. The van der Waals surface area contributed by atoms with Crippen molar-refractivity contribution in [3.05, 3.63) is 70.9 Å². The van der Waals surface area contributed by atoms with Gasteiger partial charge in [-0.15, -0.1) is 0 Å². The molecule has 0 aliphatic heterocycles. The smallest absolute Gasteiger partial charge is 0.411 e. The van der Waals surface area contributed by atoms with Gasteiger partial charge in [-0.3, -0.25) is 10.1 Å². The van der Waals surface area contributed by atoms with Crippen LogP contribution in [0.5, 0.6) is 0 Å². The van der Waals surface area contributed by atoms with Gasteiger partial charge in [0.1, 0.15) is 23.1 Å². The highest BCUT2D eigenvalue weighted by Gasteiger charge is 2.29. The first-order chi connectivity index (χ1) is 15.5. The van der Waals surface area contributed by atoms with Crippen LogP contribution in [-0.2, 0) is 4.74 Å². The maximum absolute atomic E-state index is 13.1. The molecular formula is C24H24ClN3O4. The van der Waals surface area contributed by atoms with Gasteiger partial charge in [-0.05, 0) is 44.4 Å². The number of nitrogens with zero attached hydrogens (tertiary/aromatic N) is 1. The third-order valence-electron chi connectivity index (χ3n) is 5.47. The molecule has 1 heterocycles. The highest BCUT2D eigenvalue weighted by Crippen LogP contribution is 2.31. The summed E-state index contributed by atoms with van der Waals surface area (Å²) in [6.45, 7) is 1.70. The Morgan fingerprint density at radius 2 is 1.84 bits per heavy atom. The van der Waals surface area contributed by atoms with Gasteiger partial charge in [-0.25, -0.2) is 4.79 Å². The monoisotopic (exact) mass is 453 g/mol. The van der Waals surface area contributed by atoms with E-state index >= 15 is 0 Å². The molecule has 0 radical (unpaired) electrons. The zero-order valence-corrected chi connectivity index (χ0v) is 18.4. The number of hydrogen-bond acceptors (Lipinski definition) is 5. The van der Waals surface area contributed by atoms with E-state index in [2.05, 4.69) is 15.8 Å². The number of anilines is 1. The van der Waals surface area contributed by atoms with E-state index < -0.39 is 6.09 Å². The minimum Gasteiger partial charge on any atom is -0.446 e. The van der Waals surface area contributed by atoms with Gasteiger partial charge in [0, 0.05) is 23.7 Å². The Bertz CT molecular complexity index is 1100. The van der Waals surface area contributed by atoms with Crippen LogP contribution >= 0.6 is 11.6 Å². The van der Waals surface area contributed by atoms with Crippen molar-refractivity contribution in [2.24, 2.45) is 0 Å². The second-order valence-corrected chi connectivity index (χ2v) is 8.20. The van der Waals surface area contributed by atoms with Gasteiger partial charge in [0.15, 0.2) is 0 Å². The summed E-state index contributed by atoms with van der Waals surface area (Å²) in [6, 6.07) is 16.2. The maximum atomic E-state index is 13.1. The average Bonchev–Trinajstić information content (AvgIpc) is 3.16. The molecule has 1 aliphatic rings. The van der Waals surface area contributed by atoms with Crippen LogP contribution in [0.3, 0.4) is 0 Å². The molecule has 8 heteroatoms. The van der Waals surface area contributed by atoms with E-state index in [0.717, 1.165) is 19.3 Å². The largest absolute Gasteiger partial charge is 0.446 e. The van der Waals surface area contributed by atoms with Gasteiger partial charge in [-0.1, -0.05) is 53.2 Å². The molecule has 0 saturated heterocycles. The molecule has 1 aromatic heterocycles. The van der Waals surface area contributed by atoms with E-state index in [9.17, 15) is 9.59 Å². The molecule has 2 atom stereocenters. The van der Waals surface area contributed by atoms with Crippen LogP contribution in [0.4, 0.5) is 10.5 Å². The van der Waals surface area contributed by atoms with E-state index in [4.69, 9.17) is 20.9 Å². The molecule has 2 amide bonds. The molecular weight excluding hydrogens is 430 g/mol. The number of carbonyl (C=O) groups excluding carboxylic acids is 2. The number of aryl methyl sites for hydroxylation is 1. The van der Waals surface area contributed by atoms with E-state index in [0.29, 0.717) is 39.7 Å². The molecule has 0 spiro atoms. The van der Waals surface area contributed by atoms with Crippen molar-refractivity contribution in [3.8, 4) is 11.3 Å². The fourth-order valence-electron chi connectivity index (χ4n) is 3.94. The third-order valence-corrected chi connectivity index (χ3v) is 5.80. The highest BCUT2D eigenvalue weighted by molar-refractivity contribution is 6.33. The summed E-state index contributed by atoms with van der Waals surface area (Å²) < 4.78 is 10.9. The molecule has 166 valence electrons. The zero-order valence-electron chi connectivity index (χ0n) is 17.6. The normalized spacial score (nSPS) is 18.1. The minimum absolute atomic E-state index is 0.126. The molecule has 2 N–H and O–H groups in total. The van der Waals surface area contributed by atoms with Crippen molar-refractivity contribution in [3.63, 3.8) is 0 Å². The lowest BCUT2D eigenvalue weighted by atomic mass is 9.92. The van der Waals surface area contributed by atoms with Crippen molar-refractivity contribution in [2.75, 3.05) is 5.32 Å². The maximum Gasteiger partial charge on any atom is 0.411 e. The predicted molar refractivity (Wildman–Crippen MR) is 122 cm³/mol. The van der Waals surface area contributed by atoms with Gasteiger partial charge < -0.3 is 14.6 Å². The number of benzene rings is 2. The Morgan fingerprint density at radius 1 is 1.09 bits per heavy atom. The topological polar surface area (TPSA) is 93.5 Å². The third kappa shape index (κ3) is 5.11. The summed E-state index contributed by atoms with van der Waals surface area (Å²) >= 11 is 6.29. The lowest BCUT2D eigenvalue weighted by molar-refractivity contribution is 0.0712. The van der Waals surface area contributed by atoms with Gasteiger partial charge in [0.05, 0.1) is 5.02 Å². The molecule has 3 aromatic rings. The first-order valence-electron chi connectivity index (χ1n) is 10.6. The van der Waals surface area contributed by atoms with Gasteiger partial charge in [0.25, 0.3) is 5.91 Å². The van der Waals surface area contributed by atoms with Crippen LogP contribution < -0.4 is 10.6 Å². The summed E-state index contributed by atoms with van der Waals surface area (Å²) in [7, 11) is 0. The standard InChI is InChI=1S/C24H24ClN3O4/c1-15-21(22(28-32-15)19-12-5-6-13-20(19)25)23(29)26-17-10-7-11-18(14-17)31-24(30)27-16-8-3-2-4-9-16/h2-6,8-9,12-13,17-18H,7,10-11,14H2,1H3,(H,26,29)(H,27,30)/t17-,18-/m0/s1. The Hall–Kier alpha value is -3.32. The molecule has 1 fully saturated rings. The van der Waals surface area contributed by atoms with Gasteiger partial charge >= 0.3 is 6.09 Å². The lowest BCUT2D eigenvalue weighted by Crippen LogP contribution is -2.41.